The Hall–Kier alpha value is -8.02. The minimum Gasteiger partial charge on any atom is -0.344 e. The number of hydrogen-bond acceptors (Lipinski definition) is 5. The molecule has 0 saturated carbocycles. The van der Waals surface area contributed by atoms with Gasteiger partial charge in [0, 0.05) is 45.3 Å². The maximum absolute atomic E-state index is 5.37. The SMILES string of the molecule is CC1(C)c2ccccc2-c2c(-c3cc(-c4ccc(-c5nc6ccccc6c6ccncc56)c5ccccc45)cc(C4N=C(c5ccccc5)N=C(c5ccccc5)N4)c3)cccc21. The van der Waals surface area contributed by atoms with Gasteiger partial charge in [0.2, 0.25) is 0 Å². The molecule has 298 valence electrons. The maximum Gasteiger partial charge on any atom is 0.159 e. The number of benzene rings is 8. The van der Waals surface area contributed by atoms with E-state index in [0.29, 0.717) is 5.84 Å². The van der Waals surface area contributed by atoms with Gasteiger partial charge < -0.3 is 5.32 Å². The average Bonchev–Trinajstić information content (AvgIpc) is 3.59. The van der Waals surface area contributed by atoms with Gasteiger partial charge >= 0.3 is 0 Å². The second kappa shape index (κ2) is 14.6. The molecule has 63 heavy (non-hydrogen) atoms. The van der Waals surface area contributed by atoms with Gasteiger partial charge in [0.25, 0.3) is 0 Å². The normalized spacial score (nSPS) is 15.1. The fourth-order valence-electron chi connectivity index (χ4n) is 9.96. The van der Waals surface area contributed by atoms with Gasteiger partial charge in [-0.25, -0.2) is 15.0 Å². The fourth-order valence-corrected chi connectivity index (χ4v) is 9.96. The first kappa shape index (κ1) is 36.8. The summed E-state index contributed by atoms with van der Waals surface area (Å²) >= 11 is 0. The third-order valence-corrected chi connectivity index (χ3v) is 13.0. The minimum atomic E-state index is -0.418. The van der Waals surface area contributed by atoms with Crippen molar-refractivity contribution in [1.29, 1.82) is 0 Å². The van der Waals surface area contributed by atoms with Crippen LogP contribution in [-0.4, -0.2) is 21.6 Å². The molecule has 2 aromatic heterocycles. The monoisotopic (exact) mass is 807 g/mol. The highest BCUT2D eigenvalue weighted by Crippen LogP contribution is 2.52. The molecule has 0 spiro atoms. The molecule has 1 aliphatic heterocycles. The van der Waals surface area contributed by atoms with Gasteiger partial charge in [0.15, 0.2) is 5.84 Å². The predicted octanol–water partition coefficient (Wildman–Crippen LogP) is 13.7. The Morgan fingerprint density at radius 3 is 1.92 bits per heavy atom. The van der Waals surface area contributed by atoms with Crippen LogP contribution in [0.2, 0.25) is 0 Å². The Balaban J connectivity index is 1.09. The first-order valence-corrected chi connectivity index (χ1v) is 21.6. The maximum atomic E-state index is 5.37. The van der Waals surface area contributed by atoms with Crippen molar-refractivity contribution in [2.24, 2.45) is 9.98 Å². The molecule has 1 atom stereocenters. The van der Waals surface area contributed by atoms with Crippen LogP contribution in [0.25, 0.3) is 77.1 Å². The molecule has 5 heteroatoms. The minimum absolute atomic E-state index is 0.133. The summed E-state index contributed by atoms with van der Waals surface area (Å²) in [6.45, 7) is 4.69. The van der Waals surface area contributed by atoms with E-state index in [0.717, 1.165) is 82.9 Å². The zero-order chi connectivity index (χ0) is 42.1. The van der Waals surface area contributed by atoms with Gasteiger partial charge in [-0.1, -0.05) is 172 Å². The van der Waals surface area contributed by atoms with Crippen LogP contribution >= 0.6 is 0 Å². The highest BCUT2D eigenvalue weighted by molar-refractivity contribution is 6.15. The Morgan fingerprint density at radius 1 is 0.476 bits per heavy atom. The number of nitrogens with zero attached hydrogens (tertiary/aromatic N) is 4. The van der Waals surface area contributed by atoms with Crippen molar-refractivity contribution in [3.05, 3.63) is 228 Å². The van der Waals surface area contributed by atoms with E-state index in [1.165, 1.54) is 27.8 Å². The van der Waals surface area contributed by atoms with Crippen molar-refractivity contribution >= 4 is 44.1 Å². The van der Waals surface area contributed by atoms with Crippen LogP contribution in [0, 0.1) is 0 Å². The second-order valence-electron chi connectivity index (χ2n) is 17.0. The Labute approximate surface area is 366 Å². The summed E-state index contributed by atoms with van der Waals surface area (Å²) in [5.41, 5.74) is 15.7. The second-order valence-corrected chi connectivity index (χ2v) is 17.0. The van der Waals surface area contributed by atoms with Crippen LogP contribution in [0.5, 0.6) is 0 Å². The lowest BCUT2D eigenvalue weighted by atomic mass is 9.82. The summed E-state index contributed by atoms with van der Waals surface area (Å²) in [7, 11) is 0. The molecule has 3 heterocycles. The summed E-state index contributed by atoms with van der Waals surface area (Å²) in [6, 6.07) is 67.1. The van der Waals surface area contributed by atoms with E-state index in [2.05, 4.69) is 188 Å². The molecule has 0 bridgehead atoms. The molecule has 0 fully saturated rings. The summed E-state index contributed by atoms with van der Waals surface area (Å²) in [5, 5.41) is 9.35. The lowest BCUT2D eigenvalue weighted by molar-refractivity contribution is 0.660. The molecular formula is C58H41N5. The van der Waals surface area contributed by atoms with Gasteiger partial charge in [0.05, 0.1) is 11.2 Å². The first-order valence-electron chi connectivity index (χ1n) is 21.6. The molecule has 5 nitrogen and oxygen atoms in total. The number of aromatic nitrogens is 2. The van der Waals surface area contributed by atoms with Crippen molar-refractivity contribution in [3.63, 3.8) is 0 Å². The molecule has 0 amide bonds. The summed E-state index contributed by atoms with van der Waals surface area (Å²) in [6.07, 6.45) is 3.40. The van der Waals surface area contributed by atoms with E-state index in [1.807, 2.05) is 36.7 Å². The number of aliphatic imine (C=N–C) groups is 2. The van der Waals surface area contributed by atoms with Crippen molar-refractivity contribution in [1.82, 2.24) is 15.3 Å². The summed E-state index contributed by atoms with van der Waals surface area (Å²) in [5.74, 6) is 1.48. The molecule has 1 aliphatic carbocycles. The lowest BCUT2D eigenvalue weighted by Crippen LogP contribution is -2.33. The molecule has 1 N–H and O–H groups in total. The molecule has 0 saturated heterocycles. The number of para-hydroxylation sites is 1. The molecule has 8 aromatic carbocycles. The molecule has 1 unspecified atom stereocenters. The molecule has 10 aromatic rings. The quantitative estimate of drug-likeness (QED) is 0.170. The van der Waals surface area contributed by atoms with Gasteiger partial charge in [-0.05, 0) is 96.6 Å². The van der Waals surface area contributed by atoms with E-state index >= 15 is 0 Å². The number of pyridine rings is 2. The van der Waals surface area contributed by atoms with Crippen LogP contribution in [0.4, 0.5) is 0 Å². The lowest BCUT2D eigenvalue weighted by Gasteiger charge is -2.25. The van der Waals surface area contributed by atoms with E-state index in [-0.39, 0.29) is 5.41 Å². The Bertz CT molecular complexity index is 3510. The smallest absolute Gasteiger partial charge is 0.159 e. The number of hydrogen-bond donors (Lipinski definition) is 1. The fraction of sp³-hybridized carbons (Fsp3) is 0.0690. The topological polar surface area (TPSA) is 62.5 Å². The molecule has 2 aliphatic rings. The predicted molar refractivity (Wildman–Crippen MR) is 260 cm³/mol. The van der Waals surface area contributed by atoms with E-state index in [4.69, 9.17) is 15.0 Å². The van der Waals surface area contributed by atoms with Gasteiger partial charge in [-0.2, -0.15) is 0 Å². The summed E-state index contributed by atoms with van der Waals surface area (Å²) < 4.78 is 0. The standard InChI is InChI=1S/C58H41N5/c1-58(2)50-25-13-11-23-48(50)53-42(24-15-26-51(53)58)39-32-38(33-40(34-39)57-62-55(36-16-5-3-6-17-36)61-56(63-57)37-18-7-4-8-19-37)41-28-29-47(44-21-10-9-20-43(41)44)54-49-35-59-31-30-45(49)46-22-12-14-27-52(46)60-54/h3-35,57H,1-2H3,(H,61,62,63). The van der Waals surface area contributed by atoms with Crippen molar-refractivity contribution in [3.8, 4) is 44.6 Å². The van der Waals surface area contributed by atoms with Crippen LogP contribution in [0.1, 0.15) is 47.8 Å². The van der Waals surface area contributed by atoms with Crippen molar-refractivity contribution in [2.45, 2.75) is 25.4 Å². The van der Waals surface area contributed by atoms with E-state index in [9.17, 15) is 0 Å². The van der Waals surface area contributed by atoms with E-state index in [1.54, 1.807) is 0 Å². The number of amidine groups is 2. The van der Waals surface area contributed by atoms with Gasteiger partial charge in [-0.3, -0.25) is 4.98 Å². The zero-order valence-corrected chi connectivity index (χ0v) is 34.9. The summed E-state index contributed by atoms with van der Waals surface area (Å²) in [4.78, 5) is 20.4. The van der Waals surface area contributed by atoms with Crippen LogP contribution in [-0.2, 0) is 5.41 Å². The Kier molecular flexibility index (Phi) is 8.51. The van der Waals surface area contributed by atoms with Gasteiger partial charge in [-0.15, -0.1) is 0 Å². The molecule has 12 rings (SSSR count). The van der Waals surface area contributed by atoms with Crippen LogP contribution in [0.15, 0.2) is 210 Å². The van der Waals surface area contributed by atoms with Crippen LogP contribution < -0.4 is 5.32 Å². The molecule has 0 radical (unpaired) electrons. The first-order chi connectivity index (χ1) is 31.0. The third-order valence-electron chi connectivity index (χ3n) is 13.0. The number of rotatable bonds is 6. The average molecular weight is 808 g/mol. The van der Waals surface area contributed by atoms with Crippen molar-refractivity contribution < 1.29 is 0 Å². The molecular weight excluding hydrogens is 767 g/mol. The van der Waals surface area contributed by atoms with Crippen molar-refractivity contribution in [2.75, 3.05) is 0 Å². The Morgan fingerprint density at radius 2 is 1.11 bits per heavy atom. The van der Waals surface area contributed by atoms with E-state index < -0.39 is 6.17 Å². The zero-order valence-electron chi connectivity index (χ0n) is 34.9. The number of nitrogens with one attached hydrogen (secondary N) is 1. The highest BCUT2D eigenvalue weighted by atomic mass is 15.2. The highest BCUT2D eigenvalue weighted by Gasteiger charge is 2.37. The third kappa shape index (κ3) is 6.07. The largest absolute Gasteiger partial charge is 0.344 e. The van der Waals surface area contributed by atoms with Crippen LogP contribution in [0.3, 0.4) is 0 Å². The number of fused-ring (bicyclic) bond motifs is 7. The van der Waals surface area contributed by atoms with Gasteiger partial charge in [0.1, 0.15) is 12.0 Å².